The summed E-state index contributed by atoms with van der Waals surface area (Å²) in [6.07, 6.45) is 1.95. The molecule has 7 heteroatoms. The maximum Gasteiger partial charge on any atom is 0.380 e. The van der Waals surface area contributed by atoms with E-state index in [2.05, 4.69) is 9.50 Å². The fourth-order valence-electron chi connectivity index (χ4n) is 1.50. The van der Waals surface area contributed by atoms with Gasteiger partial charge in [0.15, 0.2) is 0 Å². The van der Waals surface area contributed by atoms with Crippen LogP contribution in [0.2, 0.25) is 0 Å². The van der Waals surface area contributed by atoms with Gasteiger partial charge in [-0.15, -0.1) is 0 Å². The van der Waals surface area contributed by atoms with Crippen LogP contribution in [0, 0.1) is 0 Å². The van der Waals surface area contributed by atoms with Crippen LogP contribution in [0.1, 0.15) is 25.3 Å². The molecule has 0 unspecified atom stereocenters. The van der Waals surface area contributed by atoms with Crippen LogP contribution >= 0.6 is 0 Å². The molecule has 1 rings (SSSR count). The van der Waals surface area contributed by atoms with Gasteiger partial charge in [0.1, 0.15) is 5.75 Å². The van der Waals surface area contributed by atoms with Gasteiger partial charge in [0.2, 0.25) is 5.91 Å². The molecule has 0 spiro atoms. The molecule has 0 aliphatic rings. The van der Waals surface area contributed by atoms with Gasteiger partial charge in [0.05, 0.1) is 6.42 Å². The van der Waals surface area contributed by atoms with Gasteiger partial charge in [0.25, 0.3) is 0 Å². The van der Waals surface area contributed by atoms with Crippen LogP contribution in [0.15, 0.2) is 24.3 Å². The van der Waals surface area contributed by atoms with Crippen molar-refractivity contribution in [2.75, 3.05) is 6.54 Å². The third kappa shape index (κ3) is 6.21. The number of amides is 1. The van der Waals surface area contributed by atoms with Gasteiger partial charge < -0.3 is 9.50 Å². The smallest absolute Gasteiger partial charge is 0.371 e. The second-order valence-corrected chi connectivity index (χ2v) is 5.22. The van der Waals surface area contributed by atoms with E-state index in [0.717, 1.165) is 12.8 Å². The Hall–Kier alpha value is -1.60. The molecule has 0 heterocycles. The summed E-state index contributed by atoms with van der Waals surface area (Å²) < 4.78 is 26.4. The summed E-state index contributed by atoms with van der Waals surface area (Å²) in [6, 6.07) is 6.39. The van der Waals surface area contributed by atoms with Crippen molar-refractivity contribution in [2.45, 2.75) is 26.2 Å². The summed E-state index contributed by atoms with van der Waals surface area (Å²) in [6.45, 7) is 2.63. The molecule has 1 aromatic rings. The number of rotatable bonds is 7. The molecule has 0 radical (unpaired) electrons. The maximum atomic E-state index is 11.7. The molecular formula is C12H18N2O4S. The number of hydrogen-bond donors (Lipinski definition) is 2. The molecule has 6 nitrogen and oxygen atoms in total. The van der Waals surface area contributed by atoms with Gasteiger partial charge in [0, 0.05) is 12.1 Å². The molecule has 0 fully saturated rings. The van der Waals surface area contributed by atoms with Crippen molar-refractivity contribution in [3.05, 3.63) is 29.8 Å². The zero-order valence-corrected chi connectivity index (χ0v) is 11.6. The first kappa shape index (κ1) is 15.5. The molecule has 1 aromatic carbocycles. The van der Waals surface area contributed by atoms with Gasteiger partial charge in [-0.2, -0.15) is 13.6 Å². The molecule has 0 bridgehead atoms. The zero-order chi connectivity index (χ0) is 14.3. The molecule has 0 saturated heterocycles. The van der Waals surface area contributed by atoms with Crippen molar-refractivity contribution in [2.24, 2.45) is 5.14 Å². The van der Waals surface area contributed by atoms with Crippen molar-refractivity contribution < 1.29 is 17.4 Å². The highest BCUT2D eigenvalue weighted by Gasteiger charge is 2.12. The highest BCUT2D eigenvalue weighted by molar-refractivity contribution is 7.84. The molecule has 3 N–H and O–H groups in total. The Kier molecular flexibility index (Phi) is 5.78. The highest BCUT2D eigenvalue weighted by atomic mass is 32.2. The second kappa shape index (κ2) is 7.10. The molecule has 0 aliphatic heterocycles. The predicted octanol–water partition coefficient (Wildman–Crippen LogP) is 0.728. The largest absolute Gasteiger partial charge is 0.380 e. The lowest BCUT2D eigenvalue weighted by Crippen LogP contribution is -2.26. The van der Waals surface area contributed by atoms with E-state index in [1.165, 1.54) is 6.07 Å². The van der Waals surface area contributed by atoms with Crippen molar-refractivity contribution in [1.29, 1.82) is 0 Å². The first-order valence-corrected chi connectivity index (χ1v) is 7.46. The summed E-state index contributed by atoms with van der Waals surface area (Å²) in [5.74, 6) is -0.102. The van der Waals surface area contributed by atoms with E-state index in [4.69, 9.17) is 5.14 Å². The van der Waals surface area contributed by atoms with Crippen molar-refractivity contribution in [3.8, 4) is 5.75 Å². The molecular weight excluding hydrogens is 268 g/mol. The first-order valence-electron chi connectivity index (χ1n) is 5.99. The van der Waals surface area contributed by atoms with Crippen LogP contribution in [0.4, 0.5) is 0 Å². The Morgan fingerprint density at radius 3 is 2.68 bits per heavy atom. The third-order valence-electron chi connectivity index (χ3n) is 2.38. The lowest BCUT2D eigenvalue weighted by atomic mass is 10.1. The van der Waals surface area contributed by atoms with Crippen LogP contribution in [-0.2, 0) is 21.5 Å². The normalized spacial score (nSPS) is 11.1. The zero-order valence-electron chi connectivity index (χ0n) is 10.8. The summed E-state index contributed by atoms with van der Waals surface area (Å²) >= 11 is 0. The number of carbonyl (C=O) groups is 1. The van der Waals surface area contributed by atoms with E-state index in [0.29, 0.717) is 12.1 Å². The van der Waals surface area contributed by atoms with Crippen LogP contribution < -0.4 is 14.6 Å². The Morgan fingerprint density at radius 1 is 1.37 bits per heavy atom. The van der Waals surface area contributed by atoms with Gasteiger partial charge in [-0.25, -0.2) is 0 Å². The Balaban J connectivity index is 2.70. The topological polar surface area (TPSA) is 98.5 Å². The van der Waals surface area contributed by atoms with Gasteiger partial charge >= 0.3 is 10.3 Å². The first-order chi connectivity index (χ1) is 8.92. The number of nitrogens with two attached hydrogens (primary N) is 1. The molecule has 0 aliphatic carbocycles. The lowest BCUT2D eigenvalue weighted by Gasteiger charge is -2.09. The quantitative estimate of drug-likeness (QED) is 0.722. The van der Waals surface area contributed by atoms with Crippen molar-refractivity contribution in [3.63, 3.8) is 0 Å². The van der Waals surface area contributed by atoms with E-state index >= 15 is 0 Å². The number of nitrogens with one attached hydrogen (secondary N) is 1. The van der Waals surface area contributed by atoms with Crippen molar-refractivity contribution in [1.82, 2.24) is 5.32 Å². The number of carbonyl (C=O) groups excluding carboxylic acids is 1. The molecule has 19 heavy (non-hydrogen) atoms. The average molecular weight is 286 g/mol. The van der Waals surface area contributed by atoms with E-state index in [9.17, 15) is 13.2 Å². The minimum absolute atomic E-state index is 0.0510. The lowest BCUT2D eigenvalue weighted by molar-refractivity contribution is -0.120. The maximum absolute atomic E-state index is 11.7. The van der Waals surface area contributed by atoms with E-state index in [-0.39, 0.29) is 18.1 Å². The minimum Gasteiger partial charge on any atom is -0.371 e. The van der Waals surface area contributed by atoms with Crippen molar-refractivity contribution >= 4 is 16.2 Å². The second-order valence-electron chi connectivity index (χ2n) is 4.06. The molecule has 0 saturated carbocycles. The molecule has 1 amide bonds. The predicted molar refractivity (Wildman–Crippen MR) is 71.8 cm³/mol. The van der Waals surface area contributed by atoms with Crippen LogP contribution in [0.5, 0.6) is 5.75 Å². The monoisotopic (exact) mass is 286 g/mol. The van der Waals surface area contributed by atoms with Crippen LogP contribution in [-0.4, -0.2) is 20.9 Å². The van der Waals surface area contributed by atoms with Gasteiger partial charge in [-0.05, 0) is 12.5 Å². The number of hydrogen-bond acceptors (Lipinski definition) is 4. The number of para-hydroxylation sites is 1. The Labute approximate surface area is 113 Å². The summed E-state index contributed by atoms with van der Waals surface area (Å²) in [4.78, 5) is 11.7. The van der Waals surface area contributed by atoms with Gasteiger partial charge in [-0.1, -0.05) is 31.5 Å². The summed E-state index contributed by atoms with van der Waals surface area (Å²) in [7, 11) is -4.09. The summed E-state index contributed by atoms with van der Waals surface area (Å²) in [5.41, 5.74) is 0.477. The van der Waals surface area contributed by atoms with E-state index < -0.39 is 10.3 Å². The fraction of sp³-hybridized carbons (Fsp3) is 0.417. The molecule has 106 valence electrons. The minimum atomic E-state index is -4.09. The van der Waals surface area contributed by atoms with E-state index in [1.807, 2.05) is 6.92 Å². The number of unbranched alkanes of at least 4 members (excludes halogenated alkanes) is 1. The average Bonchev–Trinajstić information content (AvgIpc) is 2.30. The van der Waals surface area contributed by atoms with E-state index in [1.54, 1.807) is 18.2 Å². The Morgan fingerprint density at radius 2 is 2.05 bits per heavy atom. The fourth-order valence-corrected chi connectivity index (χ4v) is 1.91. The third-order valence-corrected chi connectivity index (χ3v) is 2.79. The summed E-state index contributed by atoms with van der Waals surface area (Å²) in [5, 5.41) is 7.56. The standard InChI is InChI=1S/C12H18N2O4S/c1-2-3-8-14-12(15)9-10-6-4-5-7-11(10)18-19(13,16)17/h4-7H,2-3,8-9H2,1H3,(H,14,15)(H2,13,16,17). The highest BCUT2D eigenvalue weighted by Crippen LogP contribution is 2.19. The van der Waals surface area contributed by atoms with Crippen LogP contribution in [0.3, 0.4) is 0 Å². The molecule has 0 atom stereocenters. The van der Waals surface area contributed by atoms with Gasteiger partial charge in [-0.3, -0.25) is 4.79 Å². The van der Waals surface area contributed by atoms with Crippen LogP contribution in [0.25, 0.3) is 0 Å². The Bertz CT molecular complexity index is 528. The SMILES string of the molecule is CCCCNC(=O)Cc1ccccc1OS(N)(=O)=O. The molecule has 0 aromatic heterocycles. The number of benzene rings is 1.